The lowest BCUT2D eigenvalue weighted by Gasteiger charge is -2.36. The summed E-state index contributed by atoms with van der Waals surface area (Å²) < 4.78 is 2.03. The molecule has 0 radical (unpaired) electrons. The minimum absolute atomic E-state index is 0.120. The molecule has 5 rings (SSSR count). The molecule has 1 unspecified atom stereocenters. The van der Waals surface area contributed by atoms with E-state index in [1.165, 1.54) is 25.8 Å². The van der Waals surface area contributed by atoms with Crippen LogP contribution in [0, 0.1) is 5.92 Å². The highest BCUT2D eigenvalue weighted by Gasteiger charge is 2.28. The monoisotopic (exact) mass is 449 g/mol. The van der Waals surface area contributed by atoms with Crippen molar-refractivity contribution in [2.24, 2.45) is 5.92 Å². The van der Waals surface area contributed by atoms with Crippen molar-refractivity contribution in [3.05, 3.63) is 63.7 Å². The molecule has 2 heterocycles. The second-order valence-corrected chi connectivity index (χ2v) is 10.3. The highest BCUT2D eigenvalue weighted by molar-refractivity contribution is 6.30. The number of piperidine rings is 1. The summed E-state index contributed by atoms with van der Waals surface area (Å²) in [6.45, 7) is 7.55. The van der Waals surface area contributed by atoms with Crippen molar-refractivity contribution in [2.75, 3.05) is 13.1 Å². The van der Waals surface area contributed by atoms with Gasteiger partial charge in [0.05, 0.1) is 10.9 Å². The summed E-state index contributed by atoms with van der Waals surface area (Å²) in [7, 11) is 0. The molecule has 0 bridgehead atoms. The zero-order chi connectivity index (χ0) is 22.2. The van der Waals surface area contributed by atoms with Crippen LogP contribution in [-0.4, -0.2) is 33.6 Å². The molecule has 2 fully saturated rings. The van der Waals surface area contributed by atoms with Crippen LogP contribution < -0.4 is 5.56 Å². The molecule has 1 aliphatic heterocycles. The third-order valence-electron chi connectivity index (χ3n) is 7.35. The van der Waals surface area contributed by atoms with E-state index in [2.05, 4.69) is 24.8 Å². The van der Waals surface area contributed by atoms with Crippen LogP contribution in [0.1, 0.15) is 57.7 Å². The van der Waals surface area contributed by atoms with Gasteiger partial charge in [-0.05, 0) is 87.4 Å². The minimum Gasteiger partial charge on any atom is -0.301 e. The molecule has 4 nitrogen and oxygen atoms in total. The first-order valence-corrected chi connectivity index (χ1v) is 12.4. The van der Waals surface area contributed by atoms with Crippen LogP contribution >= 0.6 is 11.6 Å². The van der Waals surface area contributed by atoms with Crippen molar-refractivity contribution in [1.82, 2.24) is 14.5 Å². The number of likely N-dealkylation sites (tertiary alicyclic amines) is 1. The molecular formula is C27H32ClN3O. The smallest absolute Gasteiger partial charge is 0.261 e. The van der Waals surface area contributed by atoms with Crippen molar-refractivity contribution < 1.29 is 0 Å². The molecule has 1 atom stereocenters. The highest BCUT2D eigenvalue weighted by Crippen LogP contribution is 2.36. The molecule has 2 aromatic carbocycles. The largest absolute Gasteiger partial charge is 0.301 e. The first kappa shape index (κ1) is 21.7. The molecule has 5 heteroatoms. The van der Waals surface area contributed by atoms with E-state index >= 15 is 0 Å². The Morgan fingerprint density at radius 1 is 1.03 bits per heavy atom. The highest BCUT2D eigenvalue weighted by atomic mass is 35.5. The van der Waals surface area contributed by atoms with Gasteiger partial charge in [0.15, 0.2) is 0 Å². The summed E-state index contributed by atoms with van der Waals surface area (Å²) in [6, 6.07) is 14.4. The van der Waals surface area contributed by atoms with Crippen molar-refractivity contribution in [2.45, 2.75) is 64.5 Å². The van der Waals surface area contributed by atoms with E-state index in [0.29, 0.717) is 22.9 Å². The van der Waals surface area contributed by atoms with Crippen molar-refractivity contribution >= 4 is 22.5 Å². The summed E-state index contributed by atoms with van der Waals surface area (Å²) in [6.07, 6.45) is 5.91. The normalized spacial score (nSPS) is 20.1. The summed E-state index contributed by atoms with van der Waals surface area (Å²) in [5.41, 5.74) is 3.03. The molecule has 1 saturated heterocycles. The SMILES string of the molecule is CC(C)N1CCCC(Cn2c(C3CCC3)nc3ccc(-c4ccc(Cl)cc4)cc3c2=O)C1. The summed E-state index contributed by atoms with van der Waals surface area (Å²) in [5, 5.41) is 1.43. The molecule has 0 N–H and O–H groups in total. The lowest BCUT2D eigenvalue weighted by molar-refractivity contribution is 0.129. The van der Waals surface area contributed by atoms with E-state index in [1.54, 1.807) is 0 Å². The van der Waals surface area contributed by atoms with Gasteiger partial charge in [-0.2, -0.15) is 0 Å². The maximum absolute atomic E-state index is 13.8. The Kier molecular flexibility index (Phi) is 6.09. The van der Waals surface area contributed by atoms with Crippen LogP contribution in [0.4, 0.5) is 0 Å². The number of hydrogen-bond acceptors (Lipinski definition) is 3. The quantitative estimate of drug-likeness (QED) is 0.472. The Morgan fingerprint density at radius 2 is 1.78 bits per heavy atom. The Bertz CT molecular complexity index is 1160. The van der Waals surface area contributed by atoms with Crippen molar-refractivity contribution in [3.63, 3.8) is 0 Å². The van der Waals surface area contributed by atoms with E-state index in [1.807, 2.05) is 41.0 Å². The molecular weight excluding hydrogens is 418 g/mol. The first-order chi connectivity index (χ1) is 15.5. The fourth-order valence-electron chi connectivity index (χ4n) is 5.19. The van der Waals surface area contributed by atoms with Gasteiger partial charge in [0.2, 0.25) is 0 Å². The Morgan fingerprint density at radius 3 is 2.47 bits per heavy atom. The number of halogens is 1. The van der Waals surface area contributed by atoms with Crippen LogP contribution in [0.5, 0.6) is 0 Å². The van der Waals surface area contributed by atoms with Gasteiger partial charge >= 0.3 is 0 Å². The third-order valence-corrected chi connectivity index (χ3v) is 7.60. The van der Waals surface area contributed by atoms with E-state index in [-0.39, 0.29) is 5.56 Å². The third kappa shape index (κ3) is 4.23. The summed E-state index contributed by atoms with van der Waals surface area (Å²) >= 11 is 6.06. The van der Waals surface area contributed by atoms with E-state index in [4.69, 9.17) is 16.6 Å². The average Bonchev–Trinajstić information content (AvgIpc) is 2.76. The topological polar surface area (TPSA) is 38.1 Å². The molecule has 1 aromatic heterocycles. The second kappa shape index (κ2) is 8.99. The lowest BCUT2D eigenvalue weighted by Crippen LogP contribution is -2.42. The van der Waals surface area contributed by atoms with Crippen LogP contribution in [0.2, 0.25) is 5.02 Å². The Labute approximate surface area is 195 Å². The maximum Gasteiger partial charge on any atom is 0.261 e. The molecule has 32 heavy (non-hydrogen) atoms. The number of aromatic nitrogens is 2. The van der Waals surface area contributed by atoms with Gasteiger partial charge in [0.1, 0.15) is 5.82 Å². The van der Waals surface area contributed by atoms with Gasteiger partial charge < -0.3 is 4.90 Å². The standard InChI is InChI=1S/C27H32ClN3O/c1-18(2)30-14-4-5-19(16-30)17-31-26(21-6-3-7-21)29-25-13-10-22(15-24(25)27(31)32)20-8-11-23(28)12-9-20/h8-13,15,18-19,21H,3-7,14,16-17H2,1-2H3. The van der Waals surface area contributed by atoms with E-state index in [9.17, 15) is 4.79 Å². The second-order valence-electron chi connectivity index (χ2n) is 9.85. The number of fused-ring (bicyclic) bond motifs is 1. The fourth-order valence-corrected chi connectivity index (χ4v) is 5.31. The van der Waals surface area contributed by atoms with E-state index in [0.717, 1.165) is 53.8 Å². The van der Waals surface area contributed by atoms with Crippen molar-refractivity contribution in [1.29, 1.82) is 0 Å². The minimum atomic E-state index is 0.120. The average molecular weight is 450 g/mol. The van der Waals surface area contributed by atoms with Gasteiger partial charge in [-0.15, -0.1) is 0 Å². The van der Waals surface area contributed by atoms with Gasteiger partial charge in [0.25, 0.3) is 5.56 Å². The van der Waals surface area contributed by atoms with Crippen LogP contribution in [-0.2, 0) is 6.54 Å². The van der Waals surface area contributed by atoms with Gasteiger partial charge in [0, 0.05) is 30.1 Å². The summed E-state index contributed by atoms with van der Waals surface area (Å²) in [5.74, 6) is 1.93. The van der Waals surface area contributed by atoms with Gasteiger partial charge in [-0.3, -0.25) is 9.36 Å². The molecule has 0 amide bonds. The zero-order valence-corrected chi connectivity index (χ0v) is 19.8. The number of hydrogen-bond donors (Lipinski definition) is 0. The van der Waals surface area contributed by atoms with Gasteiger partial charge in [-0.25, -0.2) is 4.98 Å². The maximum atomic E-state index is 13.8. The molecule has 0 spiro atoms. The van der Waals surface area contributed by atoms with Crippen LogP contribution in [0.25, 0.3) is 22.0 Å². The van der Waals surface area contributed by atoms with E-state index < -0.39 is 0 Å². The fraction of sp³-hybridized carbons (Fsp3) is 0.481. The first-order valence-electron chi connectivity index (χ1n) is 12.0. The summed E-state index contributed by atoms with van der Waals surface area (Å²) in [4.78, 5) is 21.4. The Hall–Kier alpha value is -2.17. The molecule has 1 aliphatic carbocycles. The lowest BCUT2D eigenvalue weighted by atomic mass is 9.84. The van der Waals surface area contributed by atoms with Gasteiger partial charge in [-0.1, -0.05) is 36.2 Å². The zero-order valence-electron chi connectivity index (χ0n) is 19.1. The Balaban J connectivity index is 1.55. The molecule has 168 valence electrons. The number of benzene rings is 2. The molecule has 3 aromatic rings. The molecule has 1 saturated carbocycles. The predicted octanol–water partition coefficient (Wildman–Crippen LogP) is 6.10. The number of nitrogens with zero attached hydrogens (tertiary/aromatic N) is 3. The predicted molar refractivity (Wildman–Crippen MR) is 132 cm³/mol. The molecule has 2 aliphatic rings. The van der Waals surface area contributed by atoms with Crippen LogP contribution in [0.3, 0.4) is 0 Å². The van der Waals surface area contributed by atoms with Crippen LogP contribution in [0.15, 0.2) is 47.3 Å². The van der Waals surface area contributed by atoms with Crippen molar-refractivity contribution in [3.8, 4) is 11.1 Å². The number of rotatable bonds is 5.